The number of likely N-dealkylation sites (tertiary alicyclic amines) is 1. The van der Waals surface area contributed by atoms with Crippen LogP contribution in [0, 0.1) is 11.8 Å². The highest BCUT2D eigenvalue weighted by molar-refractivity contribution is 8.02. The van der Waals surface area contributed by atoms with Crippen LogP contribution in [-0.2, 0) is 25.7 Å². The van der Waals surface area contributed by atoms with Crippen molar-refractivity contribution in [3.8, 4) is 0 Å². The number of carbonyl (C=O) groups is 3. The molecule has 5 aliphatic rings. The first-order chi connectivity index (χ1) is 20.5. The number of unbranched alkanes of at least 4 members (excludes halogenated alkanes) is 2. The molecule has 0 aromatic heterocycles. The molecule has 9 nitrogen and oxygen atoms in total. The molecule has 5 aliphatic heterocycles. The minimum Gasteiger partial charge on any atom is -0.396 e. The lowest BCUT2D eigenvalue weighted by atomic mass is 9.78. The molecule has 0 aliphatic carbocycles. The molecule has 226 valence electrons. The van der Waals surface area contributed by atoms with Crippen LogP contribution in [0.3, 0.4) is 0 Å². The number of amides is 3. The topological polar surface area (TPSA) is 93.6 Å². The van der Waals surface area contributed by atoms with Crippen LogP contribution in [0.2, 0.25) is 0 Å². The Morgan fingerprint density at radius 2 is 1.67 bits per heavy atom. The molecule has 0 bridgehead atoms. The summed E-state index contributed by atoms with van der Waals surface area (Å²) in [6.45, 7) is 6.55. The average molecular weight is 595 g/mol. The number of nitrogens with zero attached hydrogens (tertiary/aromatic N) is 4. The van der Waals surface area contributed by atoms with Crippen molar-refractivity contribution in [2.24, 2.45) is 11.8 Å². The normalized spacial score (nSPS) is 31.3. The predicted octanol–water partition coefficient (Wildman–Crippen LogP) is 1.78. The predicted molar refractivity (Wildman–Crippen MR) is 162 cm³/mol. The minimum atomic E-state index is -0.788. The second-order valence-electron chi connectivity index (χ2n) is 11.9. The van der Waals surface area contributed by atoms with E-state index >= 15 is 0 Å². The number of hydrogen-bond acceptors (Lipinski definition) is 7. The molecule has 1 N–H and O–H groups in total. The number of ether oxygens (including phenoxy) is 1. The lowest BCUT2D eigenvalue weighted by molar-refractivity contribution is -0.144. The largest absolute Gasteiger partial charge is 0.396 e. The number of aliphatic hydroxyl groups excluding tert-OH is 1. The molecular formula is C32H42N4O5S. The van der Waals surface area contributed by atoms with Crippen molar-refractivity contribution in [3.63, 3.8) is 0 Å². The van der Waals surface area contributed by atoms with Crippen molar-refractivity contribution in [1.82, 2.24) is 19.6 Å². The fourth-order valence-corrected chi connectivity index (χ4v) is 9.29. The maximum atomic E-state index is 14.4. The fourth-order valence-electron chi connectivity index (χ4n) is 7.28. The van der Waals surface area contributed by atoms with Crippen LogP contribution in [-0.4, -0.2) is 124 Å². The minimum absolute atomic E-state index is 0.00766. The average Bonchev–Trinajstić information content (AvgIpc) is 3.33. The van der Waals surface area contributed by atoms with Gasteiger partial charge in [-0.25, -0.2) is 0 Å². The molecule has 5 heterocycles. The standard InChI is InChI=1S/C32H42N4O5S/c37-20-6-2-5-15-36-28-31(40)34(17-16-33-18-21-41-22-19-33)14-8-12-32(28)27(30(36)39)26-25(42-32)11-7-13-35(29(26)38)23-24-9-3-1-4-10-24/h1,3-4,7-12,25-28,37H,2,5-6,13-23H2/t25-,26+,27+,28?,32+/m1/s1. The molecular weight excluding hydrogens is 552 g/mol. The van der Waals surface area contributed by atoms with E-state index in [4.69, 9.17) is 4.74 Å². The summed E-state index contributed by atoms with van der Waals surface area (Å²) < 4.78 is 4.70. The molecule has 10 heteroatoms. The molecule has 5 atom stereocenters. The Morgan fingerprint density at radius 3 is 2.45 bits per heavy atom. The number of morpholine rings is 1. The third kappa shape index (κ3) is 5.54. The summed E-state index contributed by atoms with van der Waals surface area (Å²) in [5, 5.41) is 9.15. The first-order valence-corrected chi connectivity index (χ1v) is 16.3. The van der Waals surface area contributed by atoms with Gasteiger partial charge in [-0.2, -0.15) is 0 Å². The van der Waals surface area contributed by atoms with Crippen molar-refractivity contribution in [2.45, 2.75) is 41.8 Å². The monoisotopic (exact) mass is 594 g/mol. The van der Waals surface area contributed by atoms with Gasteiger partial charge in [-0.3, -0.25) is 19.3 Å². The van der Waals surface area contributed by atoms with Crippen molar-refractivity contribution >= 4 is 29.5 Å². The summed E-state index contributed by atoms with van der Waals surface area (Å²) >= 11 is 1.64. The van der Waals surface area contributed by atoms with Crippen molar-refractivity contribution < 1.29 is 24.2 Å². The van der Waals surface area contributed by atoms with Gasteiger partial charge < -0.3 is 24.5 Å². The number of aliphatic hydroxyl groups is 1. The maximum Gasteiger partial charge on any atom is 0.247 e. The summed E-state index contributed by atoms with van der Waals surface area (Å²) in [6.07, 6.45) is 10.5. The van der Waals surface area contributed by atoms with E-state index in [1.54, 1.807) is 16.7 Å². The highest BCUT2D eigenvalue weighted by atomic mass is 32.2. The third-order valence-corrected chi connectivity index (χ3v) is 11.1. The Kier molecular flexibility index (Phi) is 9.04. The number of thioether (sulfide) groups is 1. The molecule has 3 amide bonds. The molecule has 3 saturated heterocycles. The van der Waals surface area contributed by atoms with Gasteiger partial charge in [-0.05, 0) is 24.8 Å². The van der Waals surface area contributed by atoms with E-state index in [9.17, 15) is 19.5 Å². The Balaban J connectivity index is 1.29. The number of rotatable bonds is 10. The summed E-state index contributed by atoms with van der Waals surface area (Å²) in [5.74, 6) is -1.23. The van der Waals surface area contributed by atoms with E-state index in [0.29, 0.717) is 58.8 Å². The van der Waals surface area contributed by atoms with Crippen molar-refractivity contribution in [3.05, 3.63) is 60.2 Å². The van der Waals surface area contributed by atoms with Crippen LogP contribution in [0.5, 0.6) is 0 Å². The third-order valence-electron chi connectivity index (χ3n) is 9.39. The molecule has 1 aromatic rings. The van der Waals surface area contributed by atoms with Gasteiger partial charge in [0.05, 0.1) is 29.8 Å². The van der Waals surface area contributed by atoms with E-state index in [1.165, 1.54) is 0 Å². The summed E-state index contributed by atoms with van der Waals surface area (Å²) in [4.78, 5) is 50.9. The zero-order chi connectivity index (χ0) is 29.1. The van der Waals surface area contributed by atoms with Crippen LogP contribution in [0.25, 0.3) is 0 Å². The second-order valence-corrected chi connectivity index (χ2v) is 13.4. The van der Waals surface area contributed by atoms with Crippen LogP contribution < -0.4 is 0 Å². The van der Waals surface area contributed by atoms with E-state index in [2.05, 4.69) is 29.2 Å². The number of hydrogen-bond donors (Lipinski definition) is 1. The van der Waals surface area contributed by atoms with E-state index in [0.717, 1.165) is 31.6 Å². The zero-order valence-electron chi connectivity index (χ0n) is 24.2. The molecule has 3 fully saturated rings. The molecule has 6 rings (SSSR count). The van der Waals surface area contributed by atoms with Crippen molar-refractivity contribution in [1.29, 1.82) is 0 Å². The molecule has 42 heavy (non-hydrogen) atoms. The van der Waals surface area contributed by atoms with Gasteiger partial charge in [0, 0.05) is 64.2 Å². The van der Waals surface area contributed by atoms with Crippen LogP contribution in [0.4, 0.5) is 0 Å². The Hall–Kier alpha value is -2.66. The Morgan fingerprint density at radius 1 is 0.881 bits per heavy atom. The first kappa shape index (κ1) is 29.4. The van der Waals surface area contributed by atoms with Gasteiger partial charge >= 0.3 is 0 Å². The number of fused-ring (bicyclic) bond motifs is 2. The summed E-state index contributed by atoms with van der Waals surface area (Å²) in [6, 6.07) is 9.31. The quantitative estimate of drug-likeness (QED) is 0.326. The summed E-state index contributed by atoms with van der Waals surface area (Å²) in [5.41, 5.74) is 1.06. The van der Waals surface area contributed by atoms with Gasteiger partial charge in [-0.1, -0.05) is 54.6 Å². The van der Waals surface area contributed by atoms with Gasteiger partial charge in [0.2, 0.25) is 17.7 Å². The smallest absolute Gasteiger partial charge is 0.247 e. The number of carbonyl (C=O) groups excluding carboxylic acids is 3. The summed E-state index contributed by atoms with van der Waals surface area (Å²) in [7, 11) is 0. The molecule has 1 unspecified atom stereocenters. The van der Waals surface area contributed by atoms with E-state index in [-0.39, 0.29) is 29.6 Å². The molecule has 0 saturated carbocycles. The van der Waals surface area contributed by atoms with Gasteiger partial charge in [0.25, 0.3) is 0 Å². The molecule has 0 radical (unpaired) electrons. The van der Waals surface area contributed by atoms with Gasteiger partial charge in [-0.15, -0.1) is 11.8 Å². The molecule has 1 spiro atoms. The Labute approximate surface area is 252 Å². The van der Waals surface area contributed by atoms with Crippen molar-refractivity contribution in [2.75, 3.05) is 65.6 Å². The highest BCUT2D eigenvalue weighted by Crippen LogP contribution is 2.61. The lowest BCUT2D eigenvalue weighted by Gasteiger charge is -2.36. The number of benzene rings is 1. The fraction of sp³-hybridized carbons (Fsp3) is 0.594. The maximum absolute atomic E-state index is 14.4. The second kappa shape index (κ2) is 12.9. The van der Waals surface area contributed by atoms with Crippen LogP contribution in [0.1, 0.15) is 24.8 Å². The SMILES string of the molecule is O=C1C2N(CCCCCO)C(=O)[C@@H]3[C@H]4C(=O)N(Cc5ccccc5)CC=C[C@H]4S[C@]23C=CCN1CCN1CCOCC1. The first-order valence-electron chi connectivity index (χ1n) is 15.4. The molecule has 1 aromatic carbocycles. The van der Waals surface area contributed by atoms with Crippen LogP contribution >= 0.6 is 11.8 Å². The van der Waals surface area contributed by atoms with Gasteiger partial charge in [0.15, 0.2) is 0 Å². The zero-order valence-corrected chi connectivity index (χ0v) is 25.0. The van der Waals surface area contributed by atoms with Gasteiger partial charge in [0.1, 0.15) is 6.04 Å². The lowest BCUT2D eigenvalue weighted by Crippen LogP contribution is -2.54. The van der Waals surface area contributed by atoms with E-state index in [1.807, 2.05) is 40.1 Å². The van der Waals surface area contributed by atoms with Crippen LogP contribution in [0.15, 0.2) is 54.6 Å². The Bertz CT molecular complexity index is 1200. The highest BCUT2D eigenvalue weighted by Gasteiger charge is 2.70. The van der Waals surface area contributed by atoms with E-state index < -0.39 is 22.6 Å².